The summed E-state index contributed by atoms with van der Waals surface area (Å²) in [5.74, 6) is 2.35. The third kappa shape index (κ3) is 3.48. The lowest BCUT2D eigenvalue weighted by Gasteiger charge is -2.10. The van der Waals surface area contributed by atoms with Crippen molar-refractivity contribution in [3.8, 4) is 17.2 Å². The smallest absolute Gasteiger partial charge is 0.127 e. The van der Waals surface area contributed by atoms with Crippen molar-refractivity contribution in [2.75, 3.05) is 6.61 Å². The summed E-state index contributed by atoms with van der Waals surface area (Å²) >= 11 is 4.98. The molecule has 0 radical (unpaired) electrons. The minimum atomic E-state index is 0.398. The van der Waals surface area contributed by atoms with Crippen LogP contribution in [-0.4, -0.2) is 11.6 Å². The summed E-state index contributed by atoms with van der Waals surface area (Å²) < 4.78 is 11.2. The minimum absolute atomic E-state index is 0.398. The molecule has 4 heteroatoms. The van der Waals surface area contributed by atoms with Crippen LogP contribution in [0.5, 0.6) is 17.2 Å². The minimum Gasteiger partial charge on any atom is -0.494 e. The van der Waals surface area contributed by atoms with E-state index in [0.29, 0.717) is 11.6 Å². The van der Waals surface area contributed by atoms with Gasteiger partial charge in [-0.15, -0.1) is 0 Å². The van der Waals surface area contributed by atoms with Gasteiger partial charge in [0.1, 0.15) is 22.2 Å². The average molecular weight is 287 g/mol. The fourth-order valence-corrected chi connectivity index (χ4v) is 2.11. The van der Waals surface area contributed by atoms with E-state index < -0.39 is 0 Å². The predicted molar refractivity (Wildman–Crippen MR) is 84.8 cm³/mol. The highest BCUT2D eigenvalue weighted by atomic mass is 32.1. The molecule has 2 N–H and O–H groups in total. The summed E-state index contributed by atoms with van der Waals surface area (Å²) in [6.45, 7) is 4.57. The summed E-state index contributed by atoms with van der Waals surface area (Å²) in [5, 5.41) is 0. The van der Waals surface area contributed by atoms with Gasteiger partial charge < -0.3 is 15.2 Å². The predicted octanol–water partition coefficient (Wildman–Crippen LogP) is 3.82. The van der Waals surface area contributed by atoms with Crippen LogP contribution in [0.15, 0.2) is 42.5 Å². The average Bonchev–Trinajstić information content (AvgIpc) is 2.41. The highest BCUT2D eigenvalue weighted by molar-refractivity contribution is 7.80. The zero-order valence-electron chi connectivity index (χ0n) is 11.6. The van der Waals surface area contributed by atoms with E-state index in [2.05, 4.69) is 0 Å². The van der Waals surface area contributed by atoms with Gasteiger partial charge in [0.2, 0.25) is 0 Å². The Morgan fingerprint density at radius 2 is 1.65 bits per heavy atom. The quantitative estimate of drug-likeness (QED) is 0.849. The molecule has 0 fully saturated rings. The monoisotopic (exact) mass is 287 g/mol. The second-order valence-corrected chi connectivity index (χ2v) is 4.79. The standard InChI is InChI=1S/C16H17NO2S/c1-3-18-12-4-6-13(7-5-12)19-14-8-9-15(16(17)20)11(2)10-14/h4-10H,3H2,1-2H3,(H2,17,20). The Morgan fingerprint density at radius 1 is 1.05 bits per heavy atom. The molecule has 0 saturated carbocycles. The molecule has 0 aliphatic heterocycles. The molecule has 0 aliphatic rings. The molecule has 104 valence electrons. The fraction of sp³-hybridized carbons (Fsp3) is 0.188. The van der Waals surface area contributed by atoms with Crippen LogP contribution in [0, 0.1) is 6.92 Å². The maximum Gasteiger partial charge on any atom is 0.127 e. The molecule has 20 heavy (non-hydrogen) atoms. The van der Waals surface area contributed by atoms with Crippen LogP contribution in [0.2, 0.25) is 0 Å². The van der Waals surface area contributed by atoms with Crippen LogP contribution >= 0.6 is 12.2 Å². The van der Waals surface area contributed by atoms with Crippen molar-refractivity contribution < 1.29 is 9.47 Å². The molecule has 0 spiro atoms. The van der Waals surface area contributed by atoms with Gasteiger partial charge in [-0.05, 0) is 61.9 Å². The van der Waals surface area contributed by atoms with Crippen molar-refractivity contribution in [2.24, 2.45) is 5.73 Å². The number of ether oxygens (including phenoxy) is 2. The summed E-state index contributed by atoms with van der Waals surface area (Å²) in [5.41, 5.74) is 7.51. The second kappa shape index (κ2) is 6.39. The topological polar surface area (TPSA) is 44.5 Å². The third-order valence-electron chi connectivity index (χ3n) is 2.83. The zero-order chi connectivity index (χ0) is 14.5. The Morgan fingerprint density at radius 3 is 2.20 bits per heavy atom. The van der Waals surface area contributed by atoms with Crippen LogP contribution in [-0.2, 0) is 0 Å². The molecule has 3 nitrogen and oxygen atoms in total. The van der Waals surface area contributed by atoms with Crippen molar-refractivity contribution in [1.82, 2.24) is 0 Å². The SMILES string of the molecule is CCOc1ccc(Oc2ccc(C(N)=S)c(C)c2)cc1. The molecule has 0 bridgehead atoms. The van der Waals surface area contributed by atoms with Crippen LogP contribution in [0.4, 0.5) is 0 Å². The molecule has 2 aromatic carbocycles. The van der Waals surface area contributed by atoms with Crippen molar-refractivity contribution in [3.63, 3.8) is 0 Å². The number of hydrogen-bond donors (Lipinski definition) is 1. The fourth-order valence-electron chi connectivity index (χ4n) is 1.88. The van der Waals surface area contributed by atoms with Gasteiger partial charge in [-0.2, -0.15) is 0 Å². The van der Waals surface area contributed by atoms with Crippen molar-refractivity contribution in [1.29, 1.82) is 0 Å². The van der Waals surface area contributed by atoms with Crippen molar-refractivity contribution in [2.45, 2.75) is 13.8 Å². The van der Waals surface area contributed by atoms with Crippen LogP contribution in [0.3, 0.4) is 0 Å². The lowest BCUT2D eigenvalue weighted by molar-refractivity contribution is 0.339. The van der Waals surface area contributed by atoms with Gasteiger partial charge >= 0.3 is 0 Å². The normalized spacial score (nSPS) is 10.1. The molecule has 0 heterocycles. The molecular weight excluding hydrogens is 270 g/mol. The zero-order valence-corrected chi connectivity index (χ0v) is 12.4. The first kappa shape index (κ1) is 14.3. The van der Waals surface area contributed by atoms with Gasteiger partial charge in [-0.25, -0.2) is 0 Å². The Labute approximate surface area is 124 Å². The number of aryl methyl sites for hydroxylation is 1. The largest absolute Gasteiger partial charge is 0.494 e. The summed E-state index contributed by atoms with van der Waals surface area (Å²) in [6.07, 6.45) is 0. The molecule has 0 unspecified atom stereocenters. The number of hydrogen-bond acceptors (Lipinski definition) is 3. The van der Waals surface area contributed by atoms with Gasteiger partial charge in [-0.3, -0.25) is 0 Å². The van der Waals surface area contributed by atoms with E-state index in [4.69, 9.17) is 27.4 Å². The highest BCUT2D eigenvalue weighted by Gasteiger charge is 2.04. The molecule has 0 saturated heterocycles. The lowest BCUT2D eigenvalue weighted by Crippen LogP contribution is -2.10. The molecular formula is C16H17NO2S. The first-order valence-electron chi connectivity index (χ1n) is 6.41. The highest BCUT2D eigenvalue weighted by Crippen LogP contribution is 2.25. The summed E-state index contributed by atoms with van der Waals surface area (Å²) in [6, 6.07) is 13.2. The maximum absolute atomic E-state index is 5.79. The van der Waals surface area contributed by atoms with Crippen molar-refractivity contribution >= 4 is 17.2 Å². The summed E-state index contributed by atoms with van der Waals surface area (Å²) in [4.78, 5) is 0.398. The molecule has 0 atom stereocenters. The number of thiocarbonyl (C=S) groups is 1. The van der Waals surface area contributed by atoms with E-state index in [1.807, 2.05) is 56.3 Å². The Kier molecular flexibility index (Phi) is 4.58. The second-order valence-electron chi connectivity index (χ2n) is 4.35. The molecule has 2 aromatic rings. The van der Waals surface area contributed by atoms with E-state index in [9.17, 15) is 0 Å². The first-order valence-corrected chi connectivity index (χ1v) is 6.82. The summed E-state index contributed by atoms with van der Waals surface area (Å²) in [7, 11) is 0. The van der Waals surface area contributed by atoms with E-state index >= 15 is 0 Å². The van der Waals surface area contributed by atoms with Crippen LogP contribution in [0.1, 0.15) is 18.1 Å². The van der Waals surface area contributed by atoms with E-state index in [1.165, 1.54) is 0 Å². The van der Waals surface area contributed by atoms with Gasteiger partial charge in [0.15, 0.2) is 0 Å². The molecule has 0 aliphatic carbocycles. The lowest BCUT2D eigenvalue weighted by atomic mass is 10.1. The molecule has 0 aromatic heterocycles. The Balaban J connectivity index is 2.13. The van der Waals surface area contributed by atoms with Crippen LogP contribution in [0.25, 0.3) is 0 Å². The van der Waals surface area contributed by atoms with Gasteiger partial charge in [0.25, 0.3) is 0 Å². The number of nitrogens with two attached hydrogens (primary N) is 1. The van der Waals surface area contributed by atoms with E-state index in [-0.39, 0.29) is 0 Å². The van der Waals surface area contributed by atoms with E-state index in [0.717, 1.165) is 28.4 Å². The number of benzene rings is 2. The van der Waals surface area contributed by atoms with Crippen LogP contribution < -0.4 is 15.2 Å². The maximum atomic E-state index is 5.79. The van der Waals surface area contributed by atoms with Crippen molar-refractivity contribution in [3.05, 3.63) is 53.6 Å². The Bertz CT molecular complexity index is 608. The van der Waals surface area contributed by atoms with Gasteiger partial charge in [0.05, 0.1) is 6.61 Å². The first-order chi connectivity index (χ1) is 9.60. The van der Waals surface area contributed by atoms with Gasteiger partial charge in [-0.1, -0.05) is 12.2 Å². The Hall–Kier alpha value is -2.07. The molecule has 2 rings (SSSR count). The van der Waals surface area contributed by atoms with Gasteiger partial charge in [0, 0.05) is 5.56 Å². The number of rotatable bonds is 5. The molecule has 0 amide bonds. The van der Waals surface area contributed by atoms with E-state index in [1.54, 1.807) is 0 Å². The third-order valence-corrected chi connectivity index (χ3v) is 3.05.